The average molecular weight is 163 g/mol. The Morgan fingerprint density at radius 1 is 1.33 bits per heavy atom. The van der Waals surface area contributed by atoms with Gasteiger partial charge in [-0.05, 0) is 11.2 Å². The van der Waals surface area contributed by atoms with E-state index < -0.39 is 0 Å². The van der Waals surface area contributed by atoms with Crippen molar-refractivity contribution in [3.8, 4) is 11.5 Å². The van der Waals surface area contributed by atoms with Gasteiger partial charge in [0, 0.05) is 0 Å². The van der Waals surface area contributed by atoms with Crippen LogP contribution in [0.1, 0.15) is 0 Å². The second-order valence-electron chi connectivity index (χ2n) is 2.09. The normalized spacial score (nSPS) is 10.0. The molecule has 0 aromatic carbocycles. The van der Waals surface area contributed by atoms with Crippen LogP contribution < -0.4 is 5.73 Å². The fraction of sp³-hybridized carbons (Fsp3) is 0. The molecule has 2 aromatic rings. The first kappa shape index (κ1) is 6.71. The Morgan fingerprint density at radius 3 is 2.83 bits per heavy atom. The van der Waals surface area contributed by atoms with Crippen molar-refractivity contribution >= 4 is 5.95 Å². The van der Waals surface area contributed by atoms with E-state index in [2.05, 4.69) is 20.3 Å². The summed E-state index contributed by atoms with van der Waals surface area (Å²) in [4.78, 5) is 3.81. The summed E-state index contributed by atoms with van der Waals surface area (Å²) in [7, 11) is 0. The Balaban J connectivity index is 2.45. The van der Waals surface area contributed by atoms with Crippen molar-refractivity contribution in [3.05, 3.63) is 18.5 Å². The summed E-state index contributed by atoms with van der Waals surface area (Å²) in [5.74, 6) is 0.462. The number of aromatic nitrogens is 4. The molecule has 0 saturated carbocycles. The molecule has 0 atom stereocenters. The molecule has 0 bridgehead atoms. The van der Waals surface area contributed by atoms with Crippen molar-refractivity contribution in [2.24, 2.45) is 0 Å². The molecule has 0 aliphatic carbocycles. The lowest BCUT2D eigenvalue weighted by atomic mass is 10.3. The van der Waals surface area contributed by atoms with Gasteiger partial charge < -0.3 is 10.3 Å². The lowest BCUT2D eigenvalue weighted by Crippen LogP contribution is -1.86. The van der Waals surface area contributed by atoms with Crippen LogP contribution in [0.2, 0.25) is 0 Å². The van der Waals surface area contributed by atoms with E-state index in [0.29, 0.717) is 11.5 Å². The van der Waals surface area contributed by atoms with Crippen molar-refractivity contribution in [1.82, 2.24) is 20.3 Å². The molecule has 6 nitrogen and oxygen atoms in total. The second kappa shape index (κ2) is 2.57. The van der Waals surface area contributed by atoms with Crippen LogP contribution in [-0.2, 0) is 0 Å². The molecule has 2 N–H and O–H groups in total. The van der Waals surface area contributed by atoms with E-state index in [-0.39, 0.29) is 5.95 Å². The predicted molar refractivity (Wildman–Crippen MR) is 39.7 cm³/mol. The summed E-state index contributed by atoms with van der Waals surface area (Å²) in [6, 6.07) is 1.71. The maximum atomic E-state index is 5.26. The summed E-state index contributed by atoms with van der Waals surface area (Å²) in [6.45, 7) is 0. The Kier molecular flexibility index (Phi) is 1.44. The molecule has 60 valence electrons. The Hall–Kier alpha value is -1.98. The average Bonchev–Trinajstić information content (AvgIpc) is 2.54. The van der Waals surface area contributed by atoms with Crippen molar-refractivity contribution in [3.63, 3.8) is 0 Å². The zero-order chi connectivity index (χ0) is 8.39. The highest BCUT2D eigenvalue weighted by molar-refractivity contribution is 5.50. The van der Waals surface area contributed by atoms with E-state index in [1.54, 1.807) is 6.07 Å². The minimum absolute atomic E-state index is 0.113. The monoisotopic (exact) mass is 163 g/mol. The Labute approximate surface area is 67.4 Å². The SMILES string of the molecule is Nc1noc(-c2ccnnc2)n1. The standard InChI is InChI=1S/C6H5N5O/c7-6-10-5(12-11-6)4-1-2-8-9-3-4/h1-3H,(H2,7,11). The van der Waals surface area contributed by atoms with Gasteiger partial charge in [0.1, 0.15) is 0 Å². The highest BCUT2D eigenvalue weighted by Gasteiger charge is 2.05. The minimum Gasteiger partial charge on any atom is -0.365 e. The largest absolute Gasteiger partial charge is 0.365 e. The van der Waals surface area contributed by atoms with Crippen molar-refractivity contribution < 1.29 is 4.52 Å². The second-order valence-corrected chi connectivity index (χ2v) is 2.09. The summed E-state index contributed by atoms with van der Waals surface area (Å²) in [5.41, 5.74) is 5.97. The van der Waals surface area contributed by atoms with Crippen molar-refractivity contribution in [2.45, 2.75) is 0 Å². The maximum absolute atomic E-state index is 5.26. The molecule has 0 unspecified atom stereocenters. The van der Waals surface area contributed by atoms with Crippen LogP contribution in [0.3, 0.4) is 0 Å². The summed E-state index contributed by atoms with van der Waals surface area (Å²) < 4.78 is 4.80. The number of rotatable bonds is 1. The third-order valence-corrected chi connectivity index (χ3v) is 1.27. The molecule has 12 heavy (non-hydrogen) atoms. The van der Waals surface area contributed by atoms with E-state index in [1.807, 2.05) is 0 Å². The third-order valence-electron chi connectivity index (χ3n) is 1.27. The fourth-order valence-electron chi connectivity index (χ4n) is 0.769. The van der Waals surface area contributed by atoms with Gasteiger partial charge in [-0.3, -0.25) is 0 Å². The first-order valence-electron chi connectivity index (χ1n) is 3.22. The zero-order valence-corrected chi connectivity index (χ0v) is 6.01. The van der Waals surface area contributed by atoms with Crippen LogP contribution in [0, 0.1) is 0 Å². The van der Waals surface area contributed by atoms with E-state index in [1.165, 1.54) is 12.4 Å². The number of nitrogens with two attached hydrogens (primary N) is 1. The number of hydrogen-bond donors (Lipinski definition) is 1. The lowest BCUT2D eigenvalue weighted by molar-refractivity contribution is 0.433. The number of anilines is 1. The van der Waals surface area contributed by atoms with Gasteiger partial charge in [-0.2, -0.15) is 15.2 Å². The summed E-state index contributed by atoms with van der Waals surface area (Å²) >= 11 is 0. The smallest absolute Gasteiger partial charge is 0.261 e. The molecule has 6 heteroatoms. The van der Waals surface area contributed by atoms with Crippen LogP contribution >= 0.6 is 0 Å². The predicted octanol–water partition coefficient (Wildman–Crippen LogP) is 0.109. The number of nitrogen functional groups attached to an aromatic ring is 1. The van der Waals surface area contributed by atoms with Gasteiger partial charge >= 0.3 is 0 Å². The first-order valence-corrected chi connectivity index (χ1v) is 3.22. The van der Waals surface area contributed by atoms with Crippen LogP contribution in [0.25, 0.3) is 11.5 Å². The van der Waals surface area contributed by atoms with Gasteiger partial charge in [0.05, 0.1) is 18.0 Å². The maximum Gasteiger partial charge on any atom is 0.261 e. The molecule has 2 heterocycles. The molecule has 0 spiro atoms. The molecule has 0 aliphatic heterocycles. The lowest BCUT2D eigenvalue weighted by Gasteiger charge is -1.87. The van der Waals surface area contributed by atoms with Crippen molar-refractivity contribution in [1.29, 1.82) is 0 Å². The molecular weight excluding hydrogens is 158 g/mol. The van der Waals surface area contributed by atoms with Crippen LogP contribution in [0.15, 0.2) is 23.0 Å². The highest BCUT2D eigenvalue weighted by Crippen LogP contribution is 2.14. The summed E-state index contributed by atoms with van der Waals surface area (Å²) in [5, 5.41) is 10.7. The summed E-state index contributed by atoms with van der Waals surface area (Å²) in [6.07, 6.45) is 3.06. The van der Waals surface area contributed by atoms with Crippen LogP contribution in [-0.4, -0.2) is 20.3 Å². The molecule has 0 radical (unpaired) electrons. The van der Waals surface area contributed by atoms with Gasteiger partial charge in [-0.15, -0.1) is 0 Å². The molecule has 2 rings (SSSR count). The van der Waals surface area contributed by atoms with Gasteiger partial charge in [-0.1, -0.05) is 0 Å². The van der Waals surface area contributed by atoms with E-state index >= 15 is 0 Å². The van der Waals surface area contributed by atoms with Gasteiger partial charge in [0.15, 0.2) is 0 Å². The van der Waals surface area contributed by atoms with E-state index in [9.17, 15) is 0 Å². The van der Waals surface area contributed by atoms with E-state index in [4.69, 9.17) is 10.3 Å². The minimum atomic E-state index is 0.113. The molecule has 0 saturated heterocycles. The molecular formula is C6H5N5O. The van der Waals surface area contributed by atoms with E-state index in [0.717, 1.165) is 0 Å². The Morgan fingerprint density at radius 2 is 2.25 bits per heavy atom. The molecule has 0 aliphatic rings. The van der Waals surface area contributed by atoms with Gasteiger partial charge in [0.2, 0.25) is 0 Å². The van der Waals surface area contributed by atoms with Crippen LogP contribution in [0.5, 0.6) is 0 Å². The van der Waals surface area contributed by atoms with Gasteiger partial charge in [0.25, 0.3) is 11.8 Å². The Bertz CT molecular complexity index is 370. The van der Waals surface area contributed by atoms with Crippen molar-refractivity contribution in [2.75, 3.05) is 5.73 Å². The highest BCUT2D eigenvalue weighted by atomic mass is 16.5. The number of hydrogen-bond acceptors (Lipinski definition) is 6. The number of nitrogens with zero attached hydrogens (tertiary/aromatic N) is 4. The molecule has 2 aromatic heterocycles. The fourth-order valence-corrected chi connectivity index (χ4v) is 0.769. The first-order chi connectivity index (χ1) is 5.86. The zero-order valence-electron chi connectivity index (χ0n) is 6.01. The molecule has 0 amide bonds. The van der Waals surface area contributed by atoms with Gasteiger partial charge in [-0.25, -0.2) is 0 Å². The third kappa shape index (κ3) is 1.09. The topological polar surface area (TPSA) is 90.7 Å². The quantitative estimate of drug-likeness (QED) is 0.641. The molecule has 0 fully saturated rings. The van der Waals surface area contributed by atoms with Crippen LogP contribution in [0.4, 0.5) is 5.95 Å².